The Hall–Kier alpha value is -3.78. The van der Waals surface area contributed by atoms with Gasteiger partial charge in [-0.05, 0) is 83.5 Å². The Bertz CT molecular complexity index is 1580. The molecule has 0 saturated heterocycles. The molecule has 0 N–H and O–H groups in total. The second-order valence-corrected chi connectivity index (χ2v) is 13.6. The number of rotatable bonds is 11. The molecule has 0 fully saturated rings. The molecule has 234 valence electrons. The van der Waals surface area contributed by atoms with E-state index >= 15 is 0 Å². The first-order chi connectivity index (χ1) is 21.7. The third-order valence-corrected chi connectivity index (χ3v) is 10.9. The van der Waals surface area contributed by atoms with Crippen molar-refractivity contribution in [2.24, 2.45) is 5.41 Å². The number of Topliss-reactive ketones (excluding diaryl/α,β-unsaturated/α-hetero) is 2. The van der Waals surface area contributed by atoms with E-state index < -0.39 is 0 Å². The van der Waals surface area contributed by atoms with Gasteiger partial charge in [0.15, 0.2) is 0 Å². The molecule has 4 aromatic rings. The zero-order valence-corrected chi connectivity index (χ0v) is 28.2. The third-order valence-electron chi connectivity index (χ3n) is 10.9. The van der Waals surface area contributed by atoms with Crippen molar-refractivity contribution in [3.8, 4) is 22.3 Å². The maximum Gasteiger partial charge on any atom is 0.138 e. The molecule has 0 heterocycles. The van der Waals surface area contributed by atoms with Gasteiger partial charge in [-0.1, -0.05) is 138 Å². The van der Waals surface area contributed by atoms with Gasteiger partial charge >= 0.3 is 0 Å². The molecule has 2 aliphatic rings. The van der Waals surface area contributed by atoms with Crippen molar-refractivity contribution in [1.29, 1.82) is 0 Å². The van der Waals surface area contributed by atoms with Gasteiger partial charge in [-0.2, -0.15) is 0 Å². The van der Waals surface area contributed by atoms with Crippen LogP contribution < -0.4 is 0 Å². The van der Waals surface area contributed by atoms with Gasteiger partial charge in [0.05, 0.1) is 0 Å². The van der Waals surface area contributed by atoms with Crippen LogP contribution in [-0.4, -0.2) is 11.6 Å². The van der Waals surface area contributed by atoms with Crippen molar-refractivity contribution in [1.82, 2.24) is 0 Å². The van der Waals surface area contributed by atoms with Crippen molar-refractivity contribution < 1.29 is 9.59 Å². The Morgan fingerprint density at radius 1 is 0.556 bits per heavy atom. The second kappa shape index (κ2) is 13.3. The fourth-order valence-corrected chi connectivity index (χ4v) is 8.11. The van der Waals surface area contributed by atoms with Gasteiger partial charge in [-0.15, -0.1) is 0 Å². The largest absolute Gasteiger partial charge is 0.300 e. The van der Waals surface area contributed by atoms with Gasteiger partial charge in [0, 0.05) is 29.1 Å². The predicted molar refractivity (Wildman–Crippen MR) is 189 cm³/mol. The second-order valence-electron chi connectivity index (χ2n) is 13.6. The molecule has 4 aromatic carbocycles. The number of hydrogen-bond acceptors (Lipinski definition) is 2. The molecule has 0 spiro atoms. The molecular formula is C43H50O2. The highest BCUT2D eigenvalue weighted by molar-refractivity contribution is 5.87. The minimum absolute atomic E-state index is 0.217. The van der Waals surface area contributed by atoms with Crippen molar-refractivity contribution in [2.75, 3.05) is 0 Å². The summed E-state index contributed by atoms with van der Waals surface area (Å²) in [6.07, 6.45) is 6.33. The molecule has 0 bridgehead atoms. The van der Waals surface area contributed by atoms with Crippen LogP contribution in [0.3, 0.4) is 0 Å². The van der Waals surface area contributed by atoms with Gasteiger partial charge in [-0.3, -0.25) is 4.79 Å². The molecule has 0 amide bonds. The van der Waals surface area contributed by atoms with Crippen LogP contribution in [0.25, 0.3) is 22.3 Å². The molecule has 0 radical (unpaired) electrons. The van der Waals surface area contributed by atoms with E-state index in [4.69, 9.17) is 0 Å². The van der Waals surface area contributed by atoms with E-state index in [9.17, 15) is 9.59 Å². The third kappa shape index (κ3) is 5.62. The van der Waals surface area contributed by atoms with Crippen LogP contribution in [0.1, 0.15) is 115 Å². The van der Waals surface area contributed by atoms with Crippen LogP contribution in [0.2, 0.25) is 0 Å². The van der Waals surface area contributed by atoms with E-state index in [-0.39, 0.29) is 22.0 Å². The van der Waals surface area contributed by atoms with Crippen LogP contribution in [0.4, 0.5) is 0 Å². The van der Waals surface area contributed by atoms with E-state index in [2.05, 4.69) is 132 Å². The average molecular weight is 599 g/mol. The van der Waals surface area contributed by atoms with E-state index in [1.54, 1.807) is 6.92 Å². The summed E-state index contributed by atoms with van der Waals surface area (Å²) in [7, 11) is 0. The van der Waals surface area contributed by atoms with Crippen LogP contribution >= 0.6 is 0 Å². The minimum atomic E-state index is -0.368. The van der Waals surface area contributed by atoms with Gasteiger partial charge in [-0.25, -0.2) is 0 Å². The van der Waals surface area contributed by atoms with E-state index in [0.717, 1.165) is 32.1 Å². The number of ketones is 2. The molecule has 2 aliphatic carbocycles. The monoisotopic (exact) mass is 598 g/mol. The normalized spacial score (nSPS) is 14.8. The summed E-state index contributed by atoms with van der Waals surface area (Å²) in [6, 6.07) is 35.3. The van der Waals surface area contributed by atoms with E-state index in [1.807, 2.05) is 0 Å². The highest BCUT2D eigenvalue weighted by atomic mass is 16.1. The SMILES string of the molecule is CCC.CCC(C)(CC)C(=O)CCC1(CC2(CCC(C)=O)c3ccccc3-c3ccccc32)c2ccccc2-c2ccccc21. The predicted octanol–water partition coefficient (Wildman–Crippen LogP) is 11.3. The highest BCUT2D eigenvalue weighted by Gasteiger charge is 2.53. The Labute approximate surface area is 271 Å². The molecule has 0 unspecified atom stereocenters. The Morgan fingerprint density at radius 3 is 1.18 bits per heavy atom. The molecular weight excluding hydrogens is 548 g/mol. The lowest BCUT2D eigenvalue weighted by atomic mass is 9.59. The summed E-state index contributed by atoms with van der Waals surface area (Å²) in [5.74, 6) is 0.577. The molecule has 0 atom stereocenters. The molecule has 0 saturated carbocycles. The first-order valence-electron chi connectivity index (χ1n) is 17.1. The zero-order valence-electron chi connectivity index (χ0n) is 28.2. The quantitative estimate of drug-likeness (QED) is 0.172. The van der Waals surface area contributed by atoms with Gasteiger partial charge < -0.3 is 4.79 Å². The fourth-order valence-electron chi connectivity index (χ4n) is 8.11. The van der Waals surface area contributed by atoms with Gasteiger partial charge in [0.2, 0.25) is 0 Å². The summed E-state index contributed by atoms with van der Waals surface area (Å²) >= 11 is 0. The fraction of sp³-hybridized carbons (Fsp3) is 0.395. The number of fused-ring (bicyclic) bond motifs is 6. The minimum Gasteiger partial charge on any atom is -0.300 e. The number of carbonyl (C=O) groups excluding carboxylic acids is 2. The zero-order chi connectivity index (χ0) is 32.2. The summed E-state index contributed by atoms with van der Waals surface area (Å²) in [5, 5.41) is 0. The van der Waals surface area contributed by atoms with Crippen molar-refractivity contribution in [2.45, 2.75) is 104 Å². The molecule has 45 heavy (non-hydrogen) atoms. The molecule has 0 aromatic heterocycles. The van der Waals surface area contributed by atoms with Crippen LogP contribution in [0.5, 0.6) is 0 Å². The lowest BCUT2D eigenvalue weighted by molar-refractivity contribution is -0.128. The molecule has 2 heteroatoms. The van der Waals surface area contributed by atoms with Crippen LogP contribution in [0.15, 0.2) is 97.1 Å². The number of hydrogen-bond donors (Lipinski definition) is 0. The Morgan fingerprint density at radius 2 is 0.867 bits per heavy atom. The van der Waals surface area contributed by atoms with Crippen LogP contribution in [-0.2, 0) is 20.4 Å². The summed E-state index contributed by atoms with van der Waals surface area (Å²) in [6.45, 7) is 12.4. The standard InChI is InChI=1S/C40H42O2.C3H8/c1-5-38(4,6-2)37(42)24-26-40(35-21-13-9-17-31(35)32-18-10-14-22-36(32)40)27-39(25-23-28(3)41)33-19-11-7-15-29(33)30-16-8-12-20-34(30)39;1-3-2/h7-22H,5-6,23-27H2,1-4H3;3H2,1-2H3. The van der Waals surface area contributed by atoms with Crippen molar-refractivity contribution >= 4 is 11.6 Å². The van der Waals surface area contributed by atoms with Crippen molar-refractivity contribution in [3.63, 3.8) is 0 Å². The number of benzene rings is 4. The van der Waals surface area contributed by atoms with Crippen molar-refractivity contribution in [3.05, 3.63) is 119 Å². The smallest absolute Gasteiger partial charge is 0.138 e. The summed E-state index contributed by atoms with van der Waals surface area (Å²) in [5.41, 5.74) is 9.31. The highest BCUT2D eigenvalue weighted by Crippen LogP contribution is 2.62. The maximum absolute atomic E-state index is 13.9. The van der Waals surface area contributed by atoms with Gasteiger partial charge in [0.1, 0.15) is 11.6 Å². The Balaban J connectivity index is 0.00000128. The topological polar surface area (TPSA) is 34.1 Å². The van der Waals surface area contributed by atoms with Crippen LogP contribution in [0, 0.1) is 5.41 Å². The lowest BCUT2D eigenvalue weighted by Crippen LogP contribution is -2.39. The molecule has 6 rings (SSSR count). The summed E-state index contributed by atoms with van der Waals surface area (Å²) in [4.78, 5) is 26.6. The first-order valence-corrected chi connectivity index (χ1v) is 17.1. The maximum atomic E-state index is 13.9. The van der Waals surface area contributed by atoms with E-state index in [0.29, 0.717) is 18.6 Å². The average Bonchev–Trinajstić information content (AvgIpc) is 3.50. The molecule has 0 aliphatic heterocycles. The number of carbonyl (C=O) groups is 2. The lowest BCUT2D eigenvalue weighted by Gasteiger charge is -2.43. The van der Waals surface area contributed by atoms with Gasteiger partial charge in [0.25, 0.3) is 0 Å². The van der Waals surface area contributed by atoms with E-state index in [1.165, 1.54) is 50.9 Å². The first kappa shape index (κ1) is 32.6. The Kier molecular flexibility index (Phi) is 9.63. The summed E-state index contributed by atoms with van der Waals surface area (Å²) < 4.78 is 0. The molecule has 2 nitrogen and oxygen atoms in total.